The average Bonchev–Trinajstić information content (AvgIpc) is 2.43. The highest BCUT2D eigenvalue weighted by Crippen LogP contribution is 2.35. The molecule has 0 aromatic carbocycles. The Morgan fingerprint density at radius 1 is 1.07 bits per heavy atom. The van der Waals surface area contributed by atoms with Crippen molar-refractivity contribution in [1.29, 1.82) is 0 Å². The third-order valence-corrected chi connectivity index (χ3v) is 4.65. The van der Waals surface area contributed by atoms with Crippen LogP contribution < -0.4 is 0 Å². The summed E-state index contributed by atoms with van der Waals surface area (Å²) in [6.45, 7) is 6.98. The zero-order chi connectivity index (χ0) is 11.3. The van der Waals surface area contributed by atoms with Crippen molar-refractivity contribution in [2.24, 2.45) is 17.8 Å². The molecule has 0 heterocycles. The molecule has 0 amide bonds. The minimum Gasteiger partial charge on any atom is -0.123 e. The van der Waals surface area contributed by atoms with Gasteiger partial charge in [-0.05, 0) is 43.4 Å². The Kier molecular flexibility index (Phi) is 6.04. The molecule has 0 aromatic rings. The molecule has 1 aliphatic carbocycles. The summed E-state index contributed by atoms with van der Waals surface area (Å²) >= 11 is 6.46. The number of hydrogen-bond donors (Lipinski definition) is 0. The maximum Gasteiger partial charge on any atom is 0.0364 e. The second kappa shape index (κ2) is 6.78. The van der Waals surface area contributed by atoms with E-state index in [0.717, 1.165) is 17.8 Å². The van der Waals surface area contributed by atoms with Gasteiger partial charge in [0, 0.05) is 5.38 Å². The van der Waals surface area contributed by atoms with Crippen LogP contribution in [0.4, 0.5) is 0 Å². The van der Waals surface area contributed by atoms with Gasteiger partial charge in [-0.1, -0.05) is 40.0 Å². The van der Waals surface area contributed by atoms with Crippen LogP contribution in [-0.2, 0) is 0 Å². The van der Waals surface area contributed by atoms with E-state index in [1.807, 2.05) is 0 Å². The average molecular weight is 231 g/mol. The number of hydrogen-bond acceptors (Lipinski definition) is 0. The van der Waals surface area contributed by atoms with Crippen molar-refractivity contribution >= 4 is 11.6 Å². The molecule has 1 heteroatoms. The van der Waals surface area contributed by atoms with Gasteiger partial charge in [-0.25, -0.2) is 0 Å². The normalized spacial score (nSPS) is 30.2. The van der Waals surface area contributed by atoms with Crippen LogP contribution in [0.15, 0.2) is 0 Å². The lowest BCUT2D eigenvalue weighted by atomic mass is 9.88. The third kappa shape index (κ3) is 4.34. The van der Waals surface area contributed by atoms with E-state index < -0.39 is 0 Å². The van der Waals surface area contributed by atoms with Gasteiger partial charge in [0.25, 0.3) is 0 Å². The van der Waals surface area contributed by atoms with Crippen molar-refractivity contribution in [3.63, 3.8) is 0 Å². The van der Waals surface area contributed by atoms with Gasteiger partial charge >= 0.3 is 0 Å². The summed E-state index contributed by atoms with van der Waals surface area (Å²) in [6, 6.07) is 0. The van der Waals surface area contributed by atoms with Crippen LogP contribution in [0, 0.1) is 17.8 Å². The molecule has 3 atom stereocenters. The number of halogens is 1. The highest BCUT2D eigenvalue weighted by Gasteiger charge is 2.24. The fourth-order valence-corrected chi connectivity index (χ4v) is 3.37. The second-order valence-corrected chi connectivity index (χ2v) is 6.14. The van der Waals surface area contributed by atoms with Crippen molar-refractivity contribution < 1.29 is 0 Å². The molecule has 0 aliphatic heterocycles. The van der Waals surface area contributed by atoms with Crippen LogP contribution in [0.3, 0.4) is 0 Å². The lowest BCUT2D eigenvalue weighted by molar-refractivity contribution is 0.333. The summed E-state index contributed by atoms with van der Waals surface area (Å²) in [5, 5.41) is 0.445. The maximum atomic E-state index is 6.46. The zero-order valence-corrected chi connectivity index (χ0v) is 11.4. The first-order chi connectivity index (χ1) is 7.15. The van der Waals surface area contributed by atoms with Gasteiger partial charge in [0.2, 0.25) is 0 Å². The van der Waals surface area contributed by atoms with Gasteiger partial charge in [-0.3, -0.25) is 0 Å². The molecule has 3 unspecified atom stereocenters. The van der Waals surface area contributed by atoms with Crippen LogP contribution in [0.2, 0.25) is 0 Å². The van der Waals surface area contributed by atoms with E-state index in [1.54, 1.807) is 0 Å². The van der Waals surface area contributed by atoms with E-state index in [0.29, 0.717) is 5.38 Å². The zero-order valence-electron chi connectivity index (χ0n) is 10.6. The van der Waals surface area contributed by atoms with Crippen LogP contribution in [0.25, 0.3) is 0 Å². The van der Waals surface area contributed by atoms with E-state index in [4.69, 9.17) is 11.6 Å². The molecule has 0 N–H and O–H groups in total. The predicted octanol–water partition coefficient (Wildman–Crippen LogP) is 5.25. The first-order valence-electron chi connectivity index (χ1n) is 6.79. The Balaban J connectivity index is 2.38. The molecule has 15 heavy (non-hydrogen) atoms. The van der Waals surface area contributed by atoms with Gasteiger partial charge < -0.3 is 0 Å². The smallest absolute Gasteiger partial charge is 0.0364 e. The van der Waals surface area contributed by atoms with Crippen molar-refractivity contribution in [1.82, 2.24) is 0 Å². The quantitative estimate of drug-likeness (QED) is 0.457. The summed E-state index contributed by atoms with van der Waals surface area (Å²) in [6.07, 6.45) is 9.44. The molecule has 1 fully saturated rings. The first kappa shape index (κ1) is 13.4. The van der Waals surface area contributed by atoms with Gasteiger partial charge in [0.05, 0.1) is 0 Å². The van der Waals surface area contributed by atoms with Crippen LogP contribution >= 0.6 is 11.6 Å². The van der Waals surface area contributed by atoms with Gasteiger partial charge in [-0.15, -0.1) is 11.6 Å². The topological polar surface area (TPSA) is 0 Å². The molecule has 0 spiro atoms. The van der Waals surface area contributed by atoms with Crippen LogP contribution in [-0.4, -0.2) is 5.38 Å². The molecule has 0 radical (unpaired) electrons. The fourth-order valence-electron chi connectivity index (χ4n) is 2.90. The third-order valence-electron chi connectivity index (χ3n) is 4.08. The minimum absolute atomic E-state index is 0.445. The highest BCUT2D eigenvalue weighted by molar-refractivity contribution is 6.20. The first-order valence-corrected chi connectivity index (χ1v) is 7.22. The van der Waals surface area contributed by atoms with Crippen molar-refractivity contribution in [2.75, 3.05) is 0 Å². The summed E-state index contributed by atoms with van der Waals surface area (Å²) < 4.78 is 0. The molecular weight excluding hydrogens is 204 g/mol. The van der Waals surface area contributed by atoms with Crippen molar-refractivity contribution in [3.05, 3.63) is 0 Å². The Labute approximate surface area is 101 Å². The van der Waals surface area contributed by atoms with Crippen LogP contribution in [0.1, 0.15) is 65.7 Å². The molecule has 1 rings (SSSR count). The largest absolute Gasteiger partial charge is 0.123 e. The monoisotopic (exact) mass is 230 g/mol. The lowest BCUT2D eigenvalue weighted by Gasteiger charge is -2.21. The Morgan fingerprint density at radius 2 is 1.67 bits per heavy atom. The Morgan fingerprint density at radius 3 is 2.27 bits per heavy atom. The van der Waals surface area contributed by atoms with Gasteiger partial charge in [-0.2, -0.15) is 0 Å². The van der Waals surface area contributed by atoms with E-state index in [9.17, 15) is 0 Å². The summed E-state index contributed by atoms with van der Waals surface area (Å²) in [5.74, 6) is 2.62. The minimum atomic E-state index is 0.445. The SMILES string of the molecule is CCCC(Cl)C1CCCC(C(C)C)CC1. The Hall–Kier alpha value is 0.290. The van der Waals surface area contributed by atoms with E-state index >= 15 is 0 Å². The van der Waals surface area contributed by atoms with Crippen LogP contribution in [0.5, 0.6) is 0 Å². The summed E-state index contributed by atoms with van der Waals surface area (Å²) in [5.41, 5.74) is 0. The molecule has 90 valence electrons. The molecule has 1 saturated carbocycles. The molecule has 0 aromatic heterocycles. The summed E-state index contributed by atoms with van der Waals surface area (Å²) in [7, 11) is 0. The van der Waals surface area contributed by atoms with E-state index in [-0.39, 0.29) is 0 Å². The highest BCUT2D eigenvalue weighted by atomic mass is 35.5. The molecular formula is C14H27Cl. The lowest BCUT2D eigenvalue weighted by Crippen LogP contribution is -2.14. The predicted molar refractivity (Wildman–Crippen MR) is 69.5 cm³/mol. The standard InChI is InChI=1S/C14H27Cl/c1-4-6-14(15)13-8-5-7-12(9-10-13)11(2)3/h11-14H,4-10H2,1-3H3. The summed E-state index contributed by atoms with van der Waals surface area (Å²) in [4.78, 5) is 0. The molecule has 1 aliphatic rings. The van der Waals surface area contributed by atoms with E-state index in [2.05, 4.69) is 20.8 Å². The molecule has 0 nitrogen and oxygen atoms in total. The second-order valence-electron chi connectivity index (χ2n) is 5.58. The fraction of sp³-hybridized carbons (Fsp3) is 1.00. The maximum absolute atomic E-state index is 6.46. The van der Waals surface area contributed by atoms with Crippen molar-refractivity contribution in [2.45, 2.75) is 71.1 Å². The van der Waals surface area contributed by atoms with Gasteiger partial charge in [0.1, 0.15) is 0 Å². The molecule has 0 saturated heterocycles. The Bertz CT molecular complexity index is 165. The molecule has 0 bridgehead atoms. The van der Waals surface area contributed by atoms with E-state index in [1.165, 1.54) is 44.9 Å². The van der Waals surface area contributed by atoms with Crippen molar-refractivity contribution in [3.8, 4) is 0 Å². The number of rotatable bonds is 4. The van der Waals surface area contributed by atoms with Gasteiger partial charge in [0.15, 0.2) is 0 Å². The number of alkyl halides is 1.